The van der Waals surface area contributed by atoms with Crippen LogP contribution in [0, 0.1) is 12.3 Å². The summed E-state index contributed by atoms with van der Waals surface area (Å²) in [6.07, 6.45) is 6.16. The Morgan fingerprint density at radius 3 is 2.64 bits per heavy atom. The van der Waals surface area contributed by atoms with Gasteiger partial charge in [-0.05, 0) is 30.7 Å². The molecule has 14 heavy (non-hydrogen) atoms. The van der Waals surface area contributed by atoms with Gasteiger partial charge in [-0.3, -0.25) is 0 Å². The Balaban J connectivity index is 2.47. The SMILES string of the molecule is C#CCNc1ccc(OCCC)cc1. The fourth-order valence-corrected chi connectivity index (χ4v) is 1.04. The number of terminal acetylenes is 1. The fraction of sp³-hybridized carbons (Fsp3) is 0.333. The molecule has 1 rings (SSSR count). The molecule has 0 aliphatic carbocycles. The molecular formula is C12H15NO. The summed E-state index contributed by atoms with van der Waals surface area (Å²) in [5, 5.41) is 3.09. The maximum Gasteiger partial charge on any atom is 0.119 e. The molecule has 0 aliphatic rings. The summed E-state index contributed by atoms with van der Waals surface area (Å²) in [6, 6.07) is 7.80. The molecule has 0 saturated carbocycles. The van der Waals surface area contributed by atoms with Crippen molar-refractivity contribution in [2.24, 2.45) is 0 Å². The summed E-state index contributed by atoms with van der Waals surface area (Å²) >= 11 is 0. The van der Waals surface area contributed by atoms with Gasteiger partial charge in [0.2, 0.25) is 0 Å². The van der Waals surface area contributed by atoms with Crippen molar-refractivity contribution >= 4 is 5.69 Å². The molecule has 2 nitrogen and oxygen atoms in total. The van der Waals surface area contributed by atoms with Crippen LogP contribution in [0.1, 0.15) is 13.3 Å². The van der Waals surface area contributed by atoms with Gasteiger partial charge in [0.15, 0.2) is 0 Å². The zero-order valence-electron chi connectivity index (χ0n) is 8.42. The van der Waals surface area contributed by atoms with Gasteiger partial charge < -0.3 is 10.1 Å². The van der Waals surface area contributed by atoms with Gasteiger partial charge in [-0.15, -0.1) is 6.42 Å². The number of benzene rings is 1. The van der Waals surface area contributed by atoms with Crippen molar-refractivity contribution in [3.05, 3.63) is 24.3 Å². The van der Waals surface area contributed by atoms with Gasteiger partial charge in [0.05, 0.1) is 13.2 Å². The maximum absolute atomic E-state index is 5.45. The van der Waals surface area contributed by atoms with E-state index in [2.05, 4.69) is 18.2 Å². The fourth-order valence-electron chi connectivity index (χ4n) is 1.04. The van der Waals surface area contributed by atoms with Crippen molar-refractivity contribution < 1.29 is 4.74 Å². The van der Waals surface area contributed by atoms with Crippen LogP contribution in [0.4, 0.5) is 5.69 Å². The first-order valence-corrected chi connectivity index (χ1v) is 4.77. The van der Waals surface area contributed by atoms with E-state index in [9.17, 15) is 0 Å². The largest absolute Gasteiger partial charge is 0.494 e. The summed E-state index contributed by atoms with van der Waals surface area (Å²) in [7, 11) is 0. The third-order valence-corrected chi connectivity index (χ3v) is 1.72. The van der Waals surface area contributed by atoms with Gasteiger partial charge in [-0.1, -0.05) is 12.8 Å². The molecule has 74 valence electrons. The van der Waals surface area contributed by atoms with Crippen LogP contribution < -0.4 is 10.1 Å². The highest BCUT2D eigenvalue weighted by molar-refractivity contribution is 5.46. The van der Waals surface area contributed by atoms with Crippen LogP contribution in [0.25, 0.3) is 0 Å². The summed E-state index contributed by atoms with van der Waals surface area (Å²) < 4.78 is 5.45. The minimum atomic E-state index is 0.551. The number of anilines is 1. The summed E-state index contributed by atoms with van der Waals surface area (Å²) in [6.45, 7) is 3.40. The van der Waals surface area contributed by atoms with Crippen molar-refractivity contribution in [3.8, 4) is 18.1 Å². The lowest BCUT2D eigenvalue weighted by Gasteiger charge is -2.06. The van der Waals surface area contributed by atoms with Crippen molar-refractivity contribution in [2.75, 3.05) is 18.5 Å². The second kappa shape index (κ2) is 5.93. The Bertz CT molecular complexity index is 297. The molecule has 0 saturated heterocycles. The average molecular weight is 189 g/mol. The molecule has 1 aromatic carbocycles. The smallest absolute Gasteiger partial charge is 0.119 e. The second-order valence-electron chi connectivity index (χ2n) is 2.93. The molecule has 1 N–H and O–H groups in total. The van der Waals surface area contributed by atoms with Crippen LogP contribution in [0.2, 0.25) is 0 Å². The van der Waals surface area contributed by atoms with Gasteiger partial charge in [0.1, 0.15) is 5.75 Å². The van der Waals surface area contributed by atoms with E-state index < -0.39 is 0 Å². The Morgan fingerprint density at radius 2 is 2.07 bits per heavy atom. The normalized spacial score (nSPS) is 9.14. The third kappa shape index (κ3) is 3.40. The Labute approximate surface area is 85.3 Å². The van der Waals surface area contributed by atoms with Crippen LogP contribution in [-0.2, 0) is 0 Å². The van der Waals surface area contributed by atoms with Crippen molar-refractivity contribution in [3.63, 3.8) is 0 Å². The molecule has 0 spiro atoms. The first-order chi connectivity index (χ1) is 6.86. The highest BCUT2D eigenvalue weighted by Gasteiger charge is 1.93. The minimum Gasteiger partial charge on any atom is -0.494 e. The van der Waals surface area contributed by atoms with E-state index in [1.165, 1.54) is 0 Å². The summed E-state index contributed by atoms with van der Waals surface area (Å²) in [5.74, 6) is 3.42. The van der Waals surface area contributed by atoms with Crippen molar-refractivity contribution in [1.29, 1.82) is 0 Å². The van der Waals surface area contributed by atoms with E-state index in [0.717, 1.165) is 24.5 Å². The molecule has 0 amide bonds. The Kier molecular flexibility index (Phi) is 4.43. The molecule has 0 unspecified atom stereocenters. The molecule has 0 aromatic heterocycles. The maximum atomic E-state index is 5.45. The van der Waals surface area contributed by atoms with Gasteiger partial charge in [-0.25, -0.2) is 0 Å². The Morgan fingerprint density at radius 1 is 1.36 bits per heavy atom. The Hall–Kier alpha value is -1.62. The molecule has 0 aliphatic heterocycles. The van der Waals surface area contributed by atoms with E-state index >= 15 is 0 Å². The first kappa shape index (κ1) is 10.5. The molecule has 0 fully saturated rings. The quantitative estimate of drug-likeness (QED) is 0.719. The lowest BCUT2D eigenvalue weighted by molar-refractivity contribution is 0.317. The minimum absolute atomic E-state index is 0.551. The predicted molar refractivity (Wildman–Crippen MR) is 59.6 cm³/mol. The third-order valence-electron chi connectivity index (χ3n) is 1.72. The topological polar surface area (TPSA) is 21.3 Å². The van der Waals surface area contributed by atoms with Crippen LogP contribution in [0.3, 0.4) is 0 Å². The van der Waals surface area contributed by atoms with Gasteiger partial charge in [0, 0.05) is 5.69 Å². The van der Waals surface area contributed by atoms with Crippen LogP contribution in [0.15, 0.2) is 24.3 Å². The summed E-state index contributed by atoms with van der Waals surface area (Å²) in [5.41, 5.74) is 1.02. The molecule has 0 atom stereocenters. The highest BCUT2D eigenvalue weighted by atomic mass is 16.5. The molecule has 0 heterocycles. The molecule has 2 heteroatoms. The standard InChI is InChI=1S/C12H15NO/c1-3-9-13-11-5-7-12(8-6-11)14-10-4-2/h1,5-8,13H,4,9-10H2,2H3. The van der Waals surface area contributed by atoms with E-state index in [1.807, 2.05) is 24.3 Å². The van der Waals surface area contributed by atoms with E-state index in [0.29, 0.717) is 6.54 Å². The highest BCUT2D eigenvalue weighted by Crippen LogP contribution is 2.15. The van der Waals surface area contributed by atoms with Crippen LogP contribution in [-0.4, -0.2) is 13.2 Å². The van der Waals surface area contributed by atoms with Crippen molar-refractivity contribution in [2.45, 2.75) is 13.3 Å². The molecular weight excluding hydrogens is 174 g/mol. The monoisotopic (exact) mass is 189 g/mol. The van der Waals surface area contributed by atoms with E-state index in [4.69, 9.17) is 11.2 Å². The summed E-state index contributed by atoms with van der Waals surface area (Å²) in [4.78, 5) is 0. The number of hydrogen-bond donors (Lipinski definition) is 1. The van der Waals surface area contributed by atoms with Gasteiger partial charge in [0.25, 0.3) is 0 Å². The van der Waals surface area contributed by atoms with Crippen LogP contribution >= 0.6 is 0 Å². The first-order valence-electron chi connectivity index (χ1n) is 4.77. The predicted octanol–water partition coefficient (Wildman–Crippen LogP) is 2.52. The van der Waals surface area contributed by atoms with Gasteiger partial charge >= 0.3 is 0 Å². The van der Waals surface area contributed by atoms with E-state index in [1.54, 1.807) is 0 Å². The number of ether oxygens (including phenoxy) is 1. The van der Waals surface area contributed by atoms with Crippen LogP contribution in [0.5, 0.6) is 5.75 Å². The zero-order valence-corrected chi connectivity index (χ0v) is 8.42. The number of rotatable bonds is 5. The lowest BCUT2D eigenvalue weighted by Crippen LogP contribution is -1.98. The number of hydrogen-bond acceptors (Lipinski definition) is 2. The van der Waals surface area contributed by atoms with Gasteiger partial charge in [-0.2, -0.15) is 0 Å². The number of nitrogens with one attached hydrogen (secondary N) is 1. The lowest BCUT2D eigenvalue weighted by atomic mass is 10.3. The molecule has 0 bridgehead atoms. The molecule has 0 radical (unpaired) electrons. The van der Waals surface area contributed by atoms with Crippen molar-refractivity contribution in [1.82, 2.24) is 0 Å². The average Bonchev–Trinajstić information content (AvgIpc) is 2.25. The zero-order chi connectivity index (χ0) is 10.2. The van der Waals surface area contributed by atoms with E-state index in [-0.39, 0.29) is 0 Å². The second-order valence-corrected chi connectivity index (χ2v) is 2.93. The molecule has 1 aromatic rings.